The molecule has 35 heavy (non-hydrogen) atoms. The van der Waals surface area contributed by atoms with Crippen molar-refractivity contribution in [2.75, 3.05) is 0 Å². The van der Waals surface area contributed by atoms with Crippen LogP contribution in [-0.4, -0.2) is 56.4 Å². The van der Waals surface area contributed by atoms with Crippen molar-refractivity contribution in [2.24, 2.45) is 40.4 Å². The van der Waals surface area contributed by atoms with Crippen LogP contribution in [-0.2, 0) is 9.53 Å². The van der Waals surface area contributed by atoms with Crippen molar-refractivity contribution in [1.29, 1.82) is 0 Å². The molecule has 0 aliphatic heterocycles. The second-order valence-electron chi connectivity index (χ2n) is 13.2. The standard InChI is InChI=1S/C29H48O6/c1-16(2)8-7-9-17(3)21-10-11-22-20-13-25(33)29(34)14-19(31)12-24(32)28(29,6)26(20)23(35-18(4)30)15-27(21,22)5/h8,17,19-26,31-34H,7,9-15H2,1-6H3/t17-,19+,20+,21-,22+,23-,24+,25-,26-,27-,28-,29+/m1/s1. The van der Waals surface area contributed by atoms with Crippen LogP contribution < -0.4 is 0 Å². The molecule has 4 saturated carbocycles. The Labute approximate surface area is 211 Å². The minimum Gasteiger partial charge on any atom is -0.462 e. The fourth-order valence-corrected chi connectivity index (χ4v) is 9.54. The Morgan fingerprint density at radius 1 is 1.06 bits per heavy atom. The normalized spacial score (nSPS) is 49.9. The summed E-state index contributed by atoms with van der Waals surface area (Å²) in [7, 11) is 0. The van der Waals surface area contributed by atoms with Crippen molar-refractivity contribution in [1.82, 2.24) is 0 Å². The maximum absolute atomic E-state index is 12.3. The fourth-order valence-electron chi connectivity index (χ4n) is 9.54. The molecule has 12 atom stereocenters. The molecule has 0 aromatic heterocycles. The molecule has 0 heterocycles. The number of esters is 1. The van der Waals surface area contributed by atoms with Crippen molar-refractivity contribution < 1.29 is 30.0 Å². The zero-order valence-electron chi connectivity index (χ0n) is 22.5. The Morgan fingerprint density at radius 2 is 1.74 bits per heavy atom. The molecule has 0 saturated heterocycles. The summed E-state index contributed by atoms with van der Waals surface area (Å²) in [5, 5.41) is 44.9. The van der Waals surface area contributed by atoms with Crippen LogP contribution in [0.2, 0.25) is 0 Å². The predicted octanol–water partition coefficient (Wildman–Crippen LogP) is 3.99. The molecular formula is C29H48O6. The Morgan fingerprint density at radius 3 is 2.37 bits per heavy atom. The molecule has 4 fully saturated rings. The predicted molar refractivity (Wildman–Crippen MR) is 134 cm³/mol. The van der Waals surface area contributed by atoms with Crippen molar-refractivity contribution in [3.05, 3.63) is 11.6 Å². The van der Waals surface area contributed by atoms with Crippen LogP contribution >= 0.6 is 0 Å². The summed E-state index contributed by atoms with van der Waals surface area (Å²) in [5.74, 6) is 0.807. The summed E-state index contributed by atoms with van der Waals surface area (Å²) in [5.41, 5.74) is -1.37. The summed E-state index contributed by atoms with van der Waals surface area (Å²) in [6, 6.07) is 0. The van der Waals surface area contributed by atoms with E-state index in [1.165, 1.54) is 12.5 Å². The summed E-state index contributed by atoms with van der Waals surface area (Å²) < 4.78 is 6.03. The molecule has 0 spiro atoms. The van der Waals surface area contributed by atoms with Gasteiger partial charge in [0.05, 0.1) is 18.3 Å². The van der Waals surface area contributed by atoms with E-state index < -0.39 is 35.4 Å². The second-order valence-corrected chi connectivity index (χ2v) is 13.2. The maximum Gasteiger partial charge on any atom is 0.302 e. The number of aliphatic hydroxyl groups is 4. The summed E-state index contributed by atoms with van der Waals surface area (Å²) in [6.45, 7) is 12.3. The Kier molecular flexibility index (Phi) is 7.29. The average Bonchev–Trinajstić information content (AvgIpc) is 3.07. The summed E-state index contributed by atoms with van der Waals surface area (Å²) in [4.78, 5) is 12.3. The molecule has 6 heteroatoms. The van der Waals surface area contributed by atoms with Gasteiger partial charge >= 0.3 is 5.97 Å². The van der Waals surface area contributed by atoms with Crippen LogP contribution in [0.3, 0.4) is 0 Å². The third kappa shape index (κ3) is 4.20. The molecule has 0 aromatic carbocycles. The third-order valence-electron chi connectivity index (χ3n) is 11.1. The lowest BCUT2D eigenvalue weighted by Gasteiger charge is -2.67. The van der Waals surface area contributed by atoms with E-state index in [9.17, 15) is 25.2 Å². The van der Waals surface area contributed by atoms with E-state index >= 15 is 0 Å². The molecule has 4 rings (SSSR count). The SMILES string of the molecule is CC(=O)O[C@@H]1C[C@]2(C)[C@@H]([C@H](C)CCC=C(C)C)CC[C@H]2[C@@H]2C[C@@H](O)[C@@]3(O)C[C@@H](O)C[C@H](O)[C@]3(C)[C@H]21. The lowest BCUT2D eigenvalue weighted by atomic mass is 9.41. The highest BCUT2D eigenvalue weighted by Gasteiger charge is 2.72. The highest BCUT2D eigenvalue weighted by Crippen LogP contribution is 2.69. The Hall–Kier alpha value is -0.950. The van der Waals surface area contributed by atoms with E-state index in [4.69, 9.17) is 4.74 Å². The van der Waals surface area contributed by atoms with Gasteiger partial charge in [0.25, 0.3) is 0 Å². The zero-order valence-corrected chi connectivity index (χ0v) is 22.5. The number of ether oxygens (including phenoxy) is 1. The minimum atomic E-state index is -1.62. The number of rotatable bonds is 5. The lowest BCUT2D eigenvalue weighted by molar-refractivity contribution is -0.311. The molecule has 200 valence electrons. The molecule has 0 amide bonds. The van der Waals surface area contributed by atoms with Crippen molar-refractivity contribution in [3.63, 3.8) is 0 Å². The second kappa shape index (κ2) is 9.41. The van der Waals surface area contributed by atoms with Gasteiger partial charge in [-0.25, -0.2) is 0 Å². The van der Waals surface area contributed by atoms with Crippen LogP contribution in [0.25, 0.3) is 0 Å². The first-order valence-corrected chi connectivity index (χ1v) is 13.8. The topological polar surface area (TPSA) is 107 Å². The van der Waals surface area contributed by atoms with Crippen LogP contribution in [0.15, 0.2) is 11.6 Å². The highest BCUT2D eigenvalue weighted by molar-refractivity contribution is 5.66. The van der Waals surface area contributed by atoms with Gasteiger partial charge in [-0.2, -0.15) is 0 Å². The Bertz CT molecular complexity index is 837. The molecule has 4 aliphatic carbocycles. The maximum atomic E-state index is 12.3. The van der Waals surface area contributed by atoms with Crippen molar-refractivity contribution in [2.45, 2.75) is 123 Å². The lowest BCUT2D eigenvalue weighted by Crippen LogP contribution is -2.75. The van der Waals surface area contributed by atoms with Gasteiger partial charge in [-0.3, -0.25) is 4.79 Å². The molecular weight excluding hydrogens is 444 g/mol. The first kappa shape index (κ1) is 27.1. The van der Waals surface area contributed by atoms with E-state index in [0.717, 1.165) is 25.7 Å². The molecule has 0 aromatic rings. The fraction of sp³-hybridized carbons (Fsp3) is 0.897. The summed E-state index contributed by atoms with van der Waals surface area (Å²) >= 11 is 0. The monoisotopic (exact) mass is 492 g/mol. The van der Waals surface area contributed by atoms with Crippen LogP contribution in [0.5, 0.6) is 0 Å². The number of carbonyl (C=O) groups is 1. The number of aliphatic hydroxyl groups excluding tert-OH is 3. The average molecular weight is 493 g/mol. The van der Waals surface area contributed by atoms with E-state index in [-0.39, 0.29) is 36.1 Å². The van der Waals surface area contributed by atoms with E-state index in [1.54, 1.807) is 0 Å². The van der Waals surface area contributed by atoms with Gasteiger partial charge in [0.15, 0.2) is 0 Å². The summed E-state index contributed by atoms with van der Waals surface area (Å²) in [6.07, 6.45) is 4.67. The van der Waals surface area contributed by atoms with E-state index in [1.807, 2.05) is 6.92 Å². The van der Waals surface area contributed by atoms with Gasteiger partial charge < -0.3 is 25.2 Å². The highest BCUT2D eigenvalue weighted by atomic mass is 16.5. The quantitative estimate of drug-likeness (QED) is 0.342. The zero-order chi connectivity index (χ0) is 25.9. The number of carbonyl (C=O) groups excluding carboxylic acids is 1. The van der Waals surface area contributed by atoms with Gasteiger partial charge in [0.2, 0.25) is 0 Å². The van der Waals surface area contributed by atoms with Crippen molar-refractivity contribution >= 4 is 5.97 Å². The molecule has 6 nitrogen and oxygen atoms in total. The third-order valence-corrected chi connectivity index (χ3v) is 11.1. The van der Waals surface area contributed by atoms with E-state index in [0.29, 0.717) is 30.6 Å². The molecule has 4 aliphatic rings. The van der Waals surface area contributed by atoms with Crippen LogP contribution in [0, 0.1) is 40.4 Å². The van der Waals surface area contributed by atoms with Crippen LogP contribution in [0.4, 0.5) is 0 Å². The minimum absolute atomic E-state index is 0.0314. The van der Waals surface area contributed by atoms with Gasteiger partial charge in [-0.05, 0) is 87.9 Å². The smallest absolute Gasteiger partial charge is 0.302 e. The first-order chi connectivity index (χ1) is 16.3. The van der Waals surface area contributed by atoms with Gasteiger partial charge in [-0.15, -0.1) is 0 Å². The molecule has 0 bridgehead atoms. The number of fused-ring (bicyclic) bond motifs is 5. The van der Waals surface area contributed by atoms with Gasteiger partial charge in [-0.1, -0.05) is 32.4 Å². The van der Waals surface area contributed by atoms with Gasteiger partial charge in [0, 0.05) is 24.7 Å². The molecule has 0 radical (unpaired) electrons. The molecule has 0 unspecified atom stereocenters. The van der Waals surface area contributed by atoms with Gasteiger partial charge in [0.1, 0.15) is 11.7 Å². The first-order valence-electron chi connectivity index (χ1n) is 13.8. The number of allylic oxidation sites excluding steroid dienone is 2. The number of hydrogen-bond donors (Lipinski definition) is 4. The largest absolute Gasteiger partial charge is 0.462 e. The Balaban J connectivity index is 1.71. The van der Waals surface area contributed by atoms with Crippen LogP contribution in [0.1, 0.15) is 92.9 Å². The van der Waals surface area contributed by atoms with E-state index in [2.05, 4.69) is 33.8 Å². The van der Waals surface area contributed by atoms with Crippen molar-refractivity contribution in [3.8, 4) is 0 Å². The molecule has 4 N–H and O–H groups in total. The number of hydrogen-bond acceptors (Lipinski definition) is 6.